The van der Waals surface area contributed by atoms with Crippen LogP contribution in [0.4, 0.5) is 0 Å². The van der Waals surface area contributed by atoms with Crippen LogP contribution < -0.4 is 0 Å². The average Bonchev–Trinajstić information content (AvgIpc) is 3.78. The van der Waals surface area contributed by atoms with Gasteiger partial charge in [-0.3, -0.25) is 0 Å². The van der Waals surface area contributed by atoms with Crippen LogP contribution in [0.25, 0.3) is 123 Å². The van der Waals surface area contributed by atoms with Gasteiger partial charge >= 0.3 is 0 Å². The first-order valence-corrected chi connectivity index (χ1v) is 21.7. The highest BCUT2D eigenvalue weighted by Gasteiger charge is 2.20. The van der Waals surface area contributed by atoms with E-state index < -0.39 is 0 Å². The van der Waals surface area contributed by atoms with Crippen molar-refractivity contribution in [3.05, 3.63) is 224 Å². The minimum absolute atomic E-state index is 0.534. The minimum Gasteiger partial charge on any atom is -0.455 e. The Balaban J connectivity index is 0.970. The molecule has 0 saturated carbocycles. The van der Waals surface area contributed by atoms with Gasteiger partial charge in [0.25, 0.3) is 0 Å². The summed E-state index contributed by atoms with van der Waals surface area (Å²) in [5, 5.41) is 4.30. The van der Waals surface area contributed by atoms with Crippen molar-refractivity contribution >= 4 is 32.7 Å². The number of fused-ring (bicyclic) bond motifs is 4. The number of benzene rings is 9. The molecule has 3 heterocycles. The van der Waals surface area contributed by atoms with Crippen molar-refractivity contribution in [2.45, 2.75) is 0 Å². The number of rotatable bonds is 8. The van der Waals surface area contributed by atoms with Gasteiger partial charge in [-0.2, -0.15) is 0 Å². The molecule has 304 valence electrons. The van der Waals surface area contributed by atoms with Crippen molar-refractivity contribution in [2.24, 2.45) is 0 Å². The first-order chi connectivity index (χ1) is 32.2. The van der Waals surface area contributed by atoms with E-state index in [1.807, 2.05) is 78.9 Å². The van der Waals surface area contributed by atoms with Crippen molar-refractivity contribution in [1.82, 2.24) is 24.9 Å². The van der Waals surface area contributed by atoms with E-state index in [4.69, 9.17) is 29.3 Å². The molecular weight excluding hydrogens is 795 g/mol. The van der Waals surface area contributed by atoms with E-state index in [0.29, 0.717) is 23.3 Å². The first-order valence-electron chi connectivity index (χ1n) is 21.7. The molecule has 3 aromatic heterocycles. The standard InChI is InChI=1S/C59H37N5O/c1-4-17-39(18-5-1)47-30-15-31-48-49-32-16-34-51(55(49)65-54(47)48)59-63-56(41-22-8-3-9-23-41)62-57(64-59)45-28-13-26-43(36-45)42-25-12-27-44(35-42)53-37-52(40-20-6-2-7-21-40)60-58(61-53)50-33-14-24-38-19-10-11-29-46(38)50/h1-37H. The van der Waals surface area contributed by atoms with Gasteiger partial charge in [-0.05, 0) is 51.7 Å². The molecule has 0 aliphatic carbocycles. The largest absolute Gasteiger partial charge is 0.455 e. The molecule has 0 bridgehead atoms. The molecule has 12 aromatic rings. The van der Waals surface area contributed by atoms with Gasteiger partial charge in [-0.15, -0.1) is 0 Å². The second kappa shape index (κ2) is 16.1. The Kier molecular flexibility index (Phi) is 9.38. The summed E-state index contributed by atoms with van der Waals surface area (Å²) in [7, 11) is 0. The number of furan rings is 1. The SMILES string of the molecule is c1ccc(-c2cc(-c3cccc(-c4cccc(-c5nc(-c6ccccc6)nc(-c6cccc7c6oc6c(-c8ccccc8)cccc67)n5)c4)c3)nc(-c3cccc4ccccc34)n2)cc1. The molecule has 0 N–H and O–H groups in total. The molecule has 0 saturated heterocycles. The Bertz CT molecular complexity index is 3710. The van der Waals surface area contributed by atoms with E-state index in [-0.39, 0.29) is 0 Å². The average molecular weight is 832 g/mol. The van der Waals surface area contributed by atoms with Crippen LogP contribution in [-0.4, -0.2) is 24.9 Å². The summed E-state index contributed by atoms with van der Waals surface area (Å²) >= 11 is 0. The molecule has 0 radical (unpaired) electrons. The highest BCUT2D eigenvalue weighted by Crippen LogP contribution is 2.40. The molecule has 0 fully saturated rings. The van der Waals surface area contributed by atoms with Gasteiger partial charge in [0.1, 0.15) is 11.2 Å². The Hall–Kier alpha value is -8.87. The molecule has 0 spiro atoms. The van der Waals surface area contributed by atoms with Crippen LogP contribution in [0.5, 0.6) is 0 Å². The van der Waals surface area contributed by atoms with Crippen molar-refractivity contribution in [3.63, 3.8) is 0 Å². The second-order valence-corrected chi connectivity index (χ2v) is 16.0. The highest BCUT2D eigenvalue weighted by molar-refractivity contribution is 6.12. The van der Waals surface area contributed by atoms with Crippen molar-refractivity contribution in [3.8, 4) is 90.3 Å². The maximum Gasteiger partial charge on any atom is 0.167 e. The quantitative estimate of drug-likeness (QED) is 0.152. The van der Waals surface area contributed by atoms with Crippen LogP contribution in [0.15, 0.2) is 229 Å². The normalized spacial score (nSPS) is 11.4. The summed E-state index contributed by atoms with van der Waals surface area (Å²) in [6, 6.07) is 76.9. The van der Waals surface area contributed by atoms with E-state index in [0.717, 1.165) is 99.7 Å². The van der Waals surface area contributed by atoms with Crippen LogP contribution in [0.2, 0.25) is 0 Å². The second-order valence-electron chi connectivity index (χ2n) is 16.0. The van der Waals surface area contributed by atoms with Gasteiger partial charge in [0, 0.05) is 44.2 Å². The van der Waals surface area contributed by atoms with Crippen molar-refractivity contribution in [1.29, 1.82) is 0 Å². The molecule has 0 aliphatic rings. The number of para-hydroxylation sites is 2. The number of aromatic nitrogens is 5. The topological polar surface area (TPSA) is 77.6 Å². The van der Waals surface area contributed by atoms with E-state index in [1.54, 1.807) is 0 Å². The summed E-state index contributed by atoms with van der Waals surface area (Å²) in [5.74, 6) is 2.36. The molecular formula is C59H37N5O. The lowest BCUT2D eigenvalue weighted by Crippen LogP contribution is -2.00. The number of nitrogens with zero attached hydrogens (tertiary/aromatic N) is 5. The Morgan fingerprint density at radius 1 is 0.246 bits per heavy atom. The van der Waals surface area contributed by atoms with Gasteiger partial charge in [-0.25, -0.2) is 24.9 Å². The zero-order valence-electron chi connectivity index (χ0n) is 35.0. The Morgan fingerprint density at radius 3 is 1.40 bits per heavy atom. The van der Waals surface area contributed by atoms with E-state index in [2.05, 4.69) is 146 Å². The highest BCUT2D eigenvalue weighted by atomic mass is 16.3. The maximum atomic E-state index is 6.81. The molecule has 12 rings (SSSR count). The molecule has 6 nitrogen and oxygen atoms in total. The zero-order valence-corrected chi connectivity index (χ0v) is 35.0. The predicted octanol–water partition coefficient (Wildman–Crippen LogP) is 15.1. The molecule has 0 unspecified atom stereocenters. The van der Waals surface area contributed by atoms with Gasteiger partial charge in [-0.1, -0.05) is 200 Å². The van der Waals surface area contributed by atoms with Gasteiger partial charge in [0.05, 0.1) is 17.0 Å². The fourth-order valence-electron chi connectivity index (χ4n) is 8.77. The van der Waals surface area contributed by atoms with Crippen molar-refractivity contribution < 1.29 is 4.42 Å². The van der Waals surface area contributed by atoms with Crippen LogP contribution >= 0.6 is 0 Å². The molecule has 9 aromatic carbocycles. The van der Waals surface area contributed by atoms with Gasteiger partial charge < -0.3 is 4.42 Å². The van der Waals surface area contributed by atoms with Gasteiger partial charge in [0.15, 0.2) is 23.3 Å². The number of hydrogen-bond acceptors (Lipinski definition) is 6. The molecule has 6 heteroatoms. The monoisotopic (exact) mass is 831 g/mol. The number of hydrogen-bond donors (Lipinski definition) is 0. The lowest BCUT2D eigenvalue weighted by atomic mass is 9.98. The summed E-state index contributed by atoms with van der Waals surface area (Å²) in [5.41, 5.74) is 13.0. The van der Waals surface area contributed by atoms with Crippen LogP contribution in [0.1, 0.15) is 0 Å². The molecule has 0 amide bonds. The zero-order chi connectivity index (χ0) is 43.1. The maximum absolute atomic E-state index is 6.81. The fraction of sp³-hybridized carbons (Fsp3) is 0. The van der Waals surface area contributed by atoms with E-state index in [9.17, 15) is 0 Å². The van der Waals surface area contributed by atoms with E-state index >= 15 is 0 Å². The van der Waals surface area contributed by atoms with Crippen LogP contribution in [-0.2, 0) is 0 Å². The summed E-state index contributed by atoms with van der Waals surface area (Å²) in [6.07, 6.45) is 0. The lowest BCUT2D eigenvalue weighted by molar-refractivity contribution is 0.670. The molecule has 0 aliphatic heterocycles. The minimum atomic E-state index is 0.534. The summed E-state index contributed by atoms with van der Waals surface area (Å²) in [4.78, 5) is 25.8. The Morgan fingerprint density at radius 2 is 0.677 bits per heavy atom. The van der Waals surface area contributed by atoms with E-state index in [1.165, 1.54) is 0 Å². The smallest absolute Gasteiger partial charge is 0.167 e. The predicted molar refractivity (Wildman–Crippen MR) is 264 cm³/mol. The third-order valence-electron chi connectivity index (χ3n) is 12.0. The first kappa shape index (κ1) is 37.9. The fourth-order valence-corrected chi connectivity index (χ4v) is 8.77. The van der Waals surface area contributed by atoms with Crippen LogP contribution in [0.3, 0.4) is 0 Å². The third-order valence-corrected chi connectivity index (χ3v) is 12.0. The molecule has 0 atom stereocenters. The lowest BCUT2D eigenvalue weighted by Gasteiger charge is -2.12. The Labute approximate surface area is 375 Å². The summed E-state index contributed by atoms with van der Waals surface area (Å²) in [6.45, 7) is 0. The third kappa shape index (κ3) is 7.09. The molecule has 65 heavy (non-hydrogen) atoms. The van der Waals surface area contributed by atoms with Crippen molar-refractivity contribution in [2.75, 3.05) is 0 Å². The van der Waals surface area contributed by atoms with Crippen LogP contribution in [0, 0.1) is 0 Å². The van der Waals surface area contributed by atoms with Gasteiger partial charge in [0.2, 0.25) is 0 Å². The summed E-state index contributed by atoms with van der Waals surface area (Å²) < 4.78 is 6.81.